The van der Waals surface area contributed by atoms with Crippen molar-refractivity contribution in [2.75, 3.05) is 11.9 Å². The van der Waals surface area contributed by atoms with Gasteiger partial charge in [-0.1, -0.05) is 6.07 Å². The molecule has 0 atom stereocenters. The van der Waals surface area contributed by atoms with E-state index in [0.717, 1.165) is 22.1 Å². The molecular weight excluding hydrogens is 383 g/mol. The topological polar surface area (TPSA) is 78.4 Å². The van der Waals surface area contributed by atoms with Gasteiger partial charge >= 0.3 is 12.0 Å². The van der Waals surface area contributed by atoms with E-state index in [-0.39, 0.29) is 11.9 Å². The molecule has 3 N–H and O–H groups in total. The Bertz CT molecular complexity index is 513. The number of carbonyl (C=O) groups is 2. The SMILES string of the molecule is O=C(NCC1CCC(C(=O)O)CC1)Nc1cccc(I)c1. The van der Waals surface area contributed by atoms with Crippen LogP contribution >= 0.6 is 22.6 Å². The van der Waals surface area contributed by atoms with Crippen molar-refractivity contribution >= 4 is 40.3 Å². The van der Waals surface area contributed by atoms with Crippen molar-refractivity contribution < 1.29 is 14.7 Å². The average Bonchev–Trinajstić information content (AvgIpc) is 2.45. The second-order valence-corrected chi connectivity index (χ2v) is 6.65. The molecule has 1 aliphatic rings. The Hall–Kier alpha value is -1.31. The zero-order chi connectivity index (χ0) is 15.2. The Balaban J connectivity index is 1.71. The molecule has 0 aliphatic heterocycles. The van der Waals surface area contributed by atoms with Gasteiger partial charge in [-0.2, -0.15) is 0 Å². The summed E-state index contributed by atoms with van der Waals surface area (Å²) < 4.78 is 1.07. The van der Waals surface area contributed by atoms with Gasteiger partial charge in [0.2, 0.25) is 0 Å². The molecular formula is C15H19IN2O3. The van der Waals surface area contributed by atoms with Crippen LogP contribution in [0.15, 0.2) is 24.3 Å². The van der Waals surface area contributed by atoms with Crippen molar-refractivity contribution in [1.29, 1.82) is 0 Å². The van der Waals surface area contributed by atoms with Gasteiger partial charge in [-0.25, -0.2) is 4.79 Å². The maximum Gasteiger partial charge on any atom is 0.319 e. The molecule has 1 saturated carbocycles. The number of rotatable bonds is 4. The van der Waals surface area contributed by atoms with E-state index in [4.69, 9.17) is 5.11 Å². The van der Waals surface area contributed by atoms with Crippen LogP contribution in [0.4, 0.5) is 10.5 Å². The molecule has 21 heavy (non-hydrogen) atoms. The molecule has 0 unspecified atom stereocenters. The fraction of sp³-hybridized carbons (Fsp3) is 0.467. The molecule has 0 spiro atoms. The van der Waals surface area contributed by atoms with Gasteiger partial charge in [-0.15, -0.1) is 0 Å². The molecule has 1 aromatic rings. The van der Waals surface area contributed by atoms with E-state index in [1.165, 1.54) is 0 Å². The molecule has 0 aromatic heterocycles. The third-order valence-corrected chi connectivity index (χ3v) is 4.50. The van der Waals surface area contributed by atoms with Crippen LogP contribution < -0.4 is 10.6 Å². The third-order valence-electron chi connectivity index (χ3n) is 3.83. The summed E-state index contributed by atoms with van der Waals surface area (Å²) in [6, 6.07) is 7.39. The van der Waals surface area contributed by atoms with Gasteiger partial charge in [0.15, 0.2) is 0 Å². The Morgan fingerprint density at radius 1 is 1.24 bits per heavy atom. The third kappa shape index (κ3) is 5.18. The summed E-state index contributed by atoms with van der Waals surface area (Å²) in [5.41, 5.74) is 0.772. The lowest BCUT2D eigenvalue weighted by Gasteiger charge is -2.26. The minimum absolute atomic E-state index is 0.207. The van der Waals surface area contributed by atoms with Crippen LogP contribution in [0.2, 0.25) is 0 Å². The summed E-state index contributed by atoms with van der Waals surface area (Å²) >= 11 is 2.20. The molecule has 1 aliphatic carbocycles. The standard InChI is InChI=1S/C15H19IN2O3/c16-12-2-1-3-13(8-12)18-15(21)17-9-10-4-6-11(7-5-10)14(19)20/h1-3,8,10-11H,4-7,9H2,(H,19,20)(H2,17,18,21). The summed E-state index contributed by atoms with van der Waals surface area (Å²) in [6.07, 6.45) is 3.14. The molecule has 2 amide bonds. The number of benzene rings is 1. The van der Waals surface area contributed by atoms with Crippen LogP contribution in [0, 0.1) is 15.4 Å². The van der Waals surface area contributed by atoms with E-state index < -0.39 is 5.97 Å². The number of aliphatic carboxylic acids is 1. The van der Waals surface area contributed by atoms with Crippen LogP contribution in [0.5, 0.6) is 0 Å². The first-order chi connectivity index (χ1) is 10.0. The maximum absolute atomic E-state index is 11.8. The molecule has 1 fully saturated rings. The summed E-state index contributed by atoms with van der Waals surface area (Å²) in [7, 11) is 0. The van der Waals surface area contributed by atoms with Crippen molar-refractivity contribution in [2.24, 2.45) is 11.8 Å². The number of hydrogen-bond acceptors (Lipinski definition) is 2. The van der Waals surface area contributed by atoms with Gasteiger partial charge in [0.1, 0.15) is 0 Å². The minimum Gasteiger partial charge on any atom is -0.481 e. The Kier molecular flexibility index (Phi) is 5.84. The maximum atomic E-state index is 11.8. The van der Waals surface area contributed by atoms with Crippen molar-refractivity contribution in [2.45, 2.75) is 25.7 Å². The van der Waals surface area contributed by atoms with E-state index in [9.17, 15) is 9.59 Å². The quantitative estimate of drug-likeness (QED) is 0.677. The number of urea groups is 1. The van der Waals surface area contributed by atoms with Crippen LogP contribution in [0.3, 0.4) is 0 Å². The first-order valence-corrected chi connectivity index (χ1v) is 8.15. The minimum atomic E-state index is -0.696. The summed E-state index contributed by atoms with van der Waals surface area (Å²) in [4.78, 5) is 22.7. The van der Waals surface area contributed by atoms with Gasteiger partial charge in [0, 0.05) is 15.8 Å². The van der Waals surface area contributed by atoms with Crippen molar-refractivity contribution in [3.05, 3.63) is 27.8 Å². The predicted molar refractivity (Wildman–Crippen MR) is 89.3 cm³/mol. The smallest absolute Gasteiger partial charge is 0.319 e. The number of halogens is 1. The highest BCUT2D eigenvalue weighted by molar-refractivity contribution is 14.1. The Morgan fingerprint density at radius 2 is 1.95 bits per heavy atom. The second-order valence-electron chi connectivity index (χ2n) is 5.40. The van der Waals surface area contributed by atoms with Gasteiger partial charge < -0.3 is 15.7 Å². The number of hydrogen-bond donors (Lipinski definition) is 3. The average molecular weight is 402 g/mol. The normalized spacial score (nSPS) is 21.6. The lowest BCUT2D eigenvalue weighted by atomic mass is 9.82. The fourth-order valence-electron chi connectivity index (χ4n) is 2.59. The number of carbonyl (C=O) groups excluding carboxylic acids is 1. The highest BCUT2D eigenvalue weighted by atomic mass is 127. The summed E-state index contributed by atoms with van der Waals surface area (Å²) in [5, 5.41) is 14.6. The molecule has 0 heterocycles. The Morgan fingerprint density at radius 3 is 2.57 bits per heavy atom. The van der Waals surface area contributed by atoms with Crippen LogP contribution in [-0.2, 0) is 4.79 Å². The lowest BCUT2D eigenvalue weighted by molar-refractivity contribution is -0.143. The predicted octanol–water partition coefficient (Wildman–Crippen LogP) is 3.30. The number of carboxylic acids is 1. The van der Waals surface area contributed by atoms with Crippen molar-refractivity contribution in [3.8, 4) is 0 Å². The number of carboxylic acid groups (broad SMARTS) is 1. The van der Waals surface area contributed by atoms with Gasteiger partial charge in [0.05, 0.1) is 5.92 Å². The molecule has 1 aromatic carbocycles. The molecule has 5 nitrogen and oxygen atoms in total. The fourth-order valence-corrected chi connectivity index (χ4v) is 3.14. The first kappa shape index (κ1) is 16.1. The molecule has 0 radical (unpaired) electrons. The first-order valence-electron chi connectivity index (χ1n) is 7.08. The largest absolute Gasteiger partial charge is 0.481 e. The van der Waals surface area contributed by atoms with E-state index in [1.807, 2.05) is 24.3 Å². The molecule has 114 valence electrons. The highest BCUT2D eigenvalue weighted by Gasteiger charge is 2.25. The number of amides is 2. The van der Waals surface area contributed by atoms with E-state index in [0.29, 0.717) is 25.3 Å². The van der Waals surface area contributed by atoms with Gasteiger partial charge in [0.25, 0.3) is 0 Å². The van der Waals surface area contributed by atoms with Crippen molar-refractivity contribution in [3.63, 3.8) is 0 Å². The zero-order valence-electron chi connectivity index (χ0n) is 11.6. The summed E-state index contributed by atoms with van der Waals surface area (Å²) in [6.45, 7) is 0.599. The van der Waals surface area contributed by atoms with Gasteiger partial charge in [-0.3, -0.25) is 4.79 Å². The van der Waals surface area contributed by atoms with Crippen LogP contribution in [0.1, 0.15) is 25.7 Å². The summed E-state index contributed by atoms with van der Waals surface area (Å²) in [5.74, 6) is -0.526. The number of anilines is 1. The second kappa shape index (κ2) is 7.63. The van der Waals surface area contributed by atoms with Crippen molar-refractivity contribution in [1.82, 2.24) is 5.32 Å². The van der Waals surface area contributed by atoms with Gasteiger partial charge in [-0.05, 0) is 72.4 Å². The molecule has 0 saturated heterocycles. The monoisotopic (exact) mass is 402 g/mol. The van der Waals surface area contributed by atoms with Crippen LogP contribution in [0.25, 0.3) is 0 Å². The Labute approximate surface area is 137 Å². The highest BCUT2D eigenvalue weighted by Crippen LogP contribution is 2.28. The van der Waals surface area contributed by atoms with E-state index in [1.54, 1.807) is 0 Å². The number of nitrogens with one attached hydrogen (secondary N) is 2. The molecule has 0 bridgehead atoms. The van der Waals surface area contributed by atoms with Crippen LogP contribution in [-0.4, -0.2) is 23.7 Å². The zero-order valence-corrected chi connectivity index (χ0v) is 13.8. The van der Waals surface area contributed by atoms with E-state index in [2.05, 4.69) is 33.2 Å². The molecule has 6 heteroatoms. The molecule has 2 rings (SSSR count). The van der Waals surface area contributed by atoms with E-state index >= 15 is 0 Å². The lowest BCUT2D eigenvalue weighted by Crippen LogP contribution is -2.35.